The quantitative estimate of drug-likeness (QED) is 0.115. The molecule has 3 aromatic rings. The summed E-state index contributed by atoms with van der Waals surface area (Å²) in [5.74, 6) is 0. The second-order valence-electron chi connectivity index (χ2n) is 5.21. The van der Waals surface area contributed by atoms with Gasteiger partial charge in [0.05, 0.1) is 0 Å². The van der Waals surface area contributed by atoms with Crippen LogP contribution in [0.15, 0.2) is 88.8 Å². The van der Waals surface area contributed by atoms with Crippen LogP contribution in [0.3, 0.4) is 0 Å². The minimum absolute atomic E-state index is 0.0602. The predicted molar refractivity (Wildman–Crippen MR) is 109 cm³/mol. The van der Waals surface area contributed by atoms with Crippen LogP contribution in [0, 0.1) is 10.1 Å². The van der Waals surface area contributed by atoms with E-state index in [1.165, 1.54) is 15.7 Å². The summed E-state index contributed by atoms with van der Waals surface area (Å²) in [5, 5.41) is 10.8. The molecule has 0 bridgehead atoms. The minimum atomic E-state index is -0.710. The summed E-state index contributed by atoms with van der Waals surface area (Å²) < 4.78 is 2.26. The fourth-order valence-electron chi connectivity index (χ4n) is 2.08. The predicted octanol–water partition coefficient (Wildman–Crippen LogP) is 3.99. The zero-order chi connectivity index (χ0) is 18.4. The number of hydrogen-bond acceptors (Lipinski definition) is 5. The number of para-hydroxylation sites is 1. The van der Waals surface area contributed by atoms with Gasteiger partial charge in [-0.2, -0.15) is 0 Å². The second-order valence-corrected chi connectivity index (χ2v) is 10.1. The Morgan fingerprint density at radius 2 is 1.62 bits per heavy atom. The van der Waals surface area contributed by atoms with Crippen LogP contribution in [-0.4, -0.2) is 28.9 Å². The van der Waals surface area contributed by atoms with Gasteiger partial charge < -0.3 is 0 Å². The number of nitrogens with two attached hydrogens (primary N) is 1. The molecule has 5 nitrogen and oxygen atoms in total. The molecule has 0 fully saturated rings. The SMILES string of the molecule is Nc1ccccc1SC(=Nc1ccc([N+](=O)[O-])cc1)[Te]c1ccccc1. The first kappa shape index (κ1) is 18.5. The Bertz CT molecular complexity index is 931. The van der Waals surface area contributed by atoms with Gasteiger partial charge in [-0.3, -0.25) is 0 Å². The van der Waals surface area contributed by atoms with Crippen LogP contribution in [-0.2, 0) is 0 Å². The standard InChI is InChI=1S/C19H15N3O2STe/c20-17-8-4-5-9-18(17)25-19(26-16-6-2-1-3-7-16)21-14-10-12-15(13-11-14)22(23)24/h1-13H,20H2. The van der Waals surface area contributed by atoms with Gasteiger partial charge in [0, 0.05) is 0 Å². The number of nitro benzene ring substituents is 1. The molecule has 0 heterocycles. The number of non-ortho nitro benzene ring substituents is 1. The van der Waals surface area contributed by atoms with Crippen molar-refractivity contribution in [1.29, 1.82) is 0 Å². The van der Waals surface area contributed by atoms with Crippen molar-refractivity contribution in [2.45, 2.75) is 4.90 Å². The third-order valence-corrected chi connectivity index (χ3v) is 7.68. The molecule has 3 rings (SSSR count). The fourth-order valence-corrected chi connectivity index (χ4v) is 6.41. The number of nitro groups is 1. The van der Waals surface area contributed by atoms with Gasteiger partial charge in [-0.25, -0.2) is 0 Å². The molecule has 0 aliphatic carbocycles. The molecule has 26 heavy (non-hydrogen) atoms. The van der Waals surface area contributed by atoms with E-state index in [1.807, 2.05) is 42.5 Å². The summed E-state index contributed by atoms with van der Waals surface area (Å²) in [6.45, 7) is 0. The molecule has 0 spiro atoms. The monoisotopic (exact) mass is 479 g/mol. The Balaban J connectivity index is 1.91. The number of nitrogen functional groups attached to an aromatic ring is 1. The molecule has 0 aromatic heterocycles. The molecule has 7 heteroatoms. The van der Waals surface area contributed by atoms with Gasteiger partial charge in [-0.05, 0) is 0 Å². The summed E-state index contributed by atoms with van der Waals surface area (Å²) in [7, 11) is 0. The Hall–Kier alpha value is -2.33. The van der Waals surface area contributed by atoms with Crippen molar-refractivity contribution in [2.24, 2.45) is 4.99 Å². The topological polar surface area (TPSA) is 81.5 Å². The van der Waals surface area contributed by atoms with Gasteiger partial charge in [0.2, 0.25) is 0 Å². The molecule has 130 valence electrons. The summed E-state index contributed by atoms with van der Waals surface area (Å²) >= 11 is 0.855. The first-order valence-electron chi connectivity index (χ1n) is 7.70. The molecule has 0 aliphatic heterocycles. The van der Waals surface area contributed by atoms with E-state index >= 15 is 0 Å². The maximum atomic E-state index is 10.8. The zero-order valence-electron chi connectivity index (χ0n) is 13.6. The molecule has 0 saturated carbocycles. The van der Waals surface area contributed by atoms with Gasteiger partial charge in [-0.1, -0.05) is 0 Å². The third-order valence-electron chi connectivity index (χ3n) is 3.35. The van der Waals surface area contributed by atoms with Gasteiger partial charge in [0.15, 0.2) is 0 Å². The molecule has 0 amide bonds. The van der Waals surface area contributed by atoms with E-state index < -0.39 is 25.8 Å². The van der Waals surface area contributed by atoms with E-state index in [4.69, 9.17) is 10.7 Å². The number of thioether (sulfide) groups is 1. The van der Waals surface area contributed by atoms with Crippen molar-refractivity contribution in [2.75, 3.05) is 5.73 Å². The molecule has 0 atom stereocenters. The van der Waals surface area contributed by atoms with Crippen LogP contribution in [0.1, 0.15) is 0 Å². The van der Waals surface area contributed by atoms with Crippen LogP contribution in [0.25, 0.3) is 0 Å². The second kappa shape index (κ2) is 8.86. The average molecular weight is 477 g/mol. The molecule has 0 saturated heterocycles. The Labute approximate surface area is 165 Å². The van der Waals surface area contributed by atoms with Crippen LogP contribution in [0.2, 0.25) is 0 Å². The van der Waals surface area contributed by atoms with E-state index in [9.17, 15) is 10.1 Å². The van der Waals surface area contributed by atoms with Gasteiger partial charge >= 0.3 is 166 Å². The Kier molecular flexibility index (Phi) is 6.29. The number of anilines is 1. The van der Waals surface area contributed by atoms with Crippen LogP contribution in [0.4, 0.5) is 17.1 Å². The summed E-state index contributed by atoms with van der Waals surface area (Å²) in [4.78, 5) is 16.1. The van der Waals surface area contributed by atoms with Crippen molar-refractivity contribution < 1.29 is 4.92 Å². The van der Waals surface area contributed by atoms with E-state index in [0.29, 0.717) is 5.69 Å². The number of benzene rings is 3. The van der Waals surface area contributed by atoms with E-state index in [1.54, 1.807) is 23.9 Å². The fraction of sp³-hybridized carbons (Fsp3) is 0. The van der Waals surface area contributed by atoms with Crippen molar-refractivity contribution in [3.05, 3.63) is 89.0 Å². The van der Waals surface area contributed by atoms with E-state index in [2.05, 4.69) is 12.1 Å². The Morgan fingerprint density at radius 1 is 0.962 bits per heavy atom. The average Bonchev–Trinajstić information content (AvgIpc) is 2.65. The first-order valence-corrected chi connectivity index (χ1v) is 10.8. The van der Waals surface area contributed by atoms with Crippen LogP contribution < -0.4 is 9.35 Å². The normalized spacial score (nSPS) is 11.3. The molecule has 2 N–H and O–H groups in total. The van der Waals surface area contributed by atoms with E-state index in [-0.39, 0.29) is 5.69 Å². The van der Waals surface area contributed by atoms with Crippen LogP contribution >= 0.6 is 11.8 Å². The molecule has 3 aromatic carbocycles. The first-order chi connectivity index (χ1) is 12.6. The molecular weight excluding hydrogens is 462 g/mol. The van der Waals surface area contributed by atoms with Crippen LogP contribution in [0.5, 0.6) is 0 Å². The molecule has 0 aliphatic rings. The molecular formula is C19H15N3O2STe. The molecule has 0 unspecified atom stereocenters. The number of rotatable bonds is 5. The van der Waals surface area contributed by atoms with Crippen molar-refractivity contribution >= 4 is 56.5 Å². The van der Waals surface area contributed by atoms with Crippen molar-refractivity contribution in [1.82, 2.24) is 0 Å². The van der Waals surface area contributed by atoms with Gasteiger partial charge in [0.25, 0.3) is 0 Å². The zero-order valence-corrected chi connectivity index (χ0v) is 16.8. The summed E-state index contributed by atoms with van der Waals surface area (Å²) in [6, 6.07) is 24.2. The number of nitrogens with zero attached hydrogens (tertiary/aromatic N) is 2. The summed E-state index contributed by atoms with van der Waals surface area (Å²) in [5.41, 5.74) is 7.55. The van der Waals surface area contributed by atoms with Gasteiger partial charge in [0.1, 0.15) is 0 Å². The third kappa shape index (κ3) is 5.08. The van der Waals surface area contributed by atoms with Crippen molar-refractivity contribution in [3.63, 3.8) is 0 Å². The number of hydrogen-bond donors (Lipinski definition) is 1. The van der Waals surface area contributed by atoms with Gasteiger partial charge in [-0.15, -0.1) is 0 Å². The summed E-state index contributed by atoms with van der Waals surface area (Å²) in [6.07, 6.45) is 0. The van der Waals surface area contributed by atoms with Crippen molar-refractivity contribution in [3.8, 4) is 0 Å². The maximum absolute atomic E-state index is 10.8. The molecule has 0 radical (unpaired) electrons. The Morgan fingerprint density at radius 3 is 2.27 bits per heavy atom. The number of aliphatic imine (C=N–C) groups is 1. The van der Waals surface area contributed by atoms with E-state index in [0.717, 1.165) is 13.7 Å².